The van der Waals surface area contributed by atoms with Gasteiger partial charge < -0.3 is 14.8 Å². The largest absolute Gasteiger partial charge is 0.493 e. The summed E-state index contributed by atoms with van der Waals surface area (Å²) in [5.74, 6) is 1.06. The van der Waals surface area contributed by atoms with Gasteiger partial charge in [-0.2, -0.15) is 0 Å². The Balaban J connectivity index is 2.16. The Morgan fingerprint density at radius 2 is 1.83 bits per heavy atom. The van der Waals surface area contributed by atoms with Crippen molar-refractivity contribution < 1.29 is 13.9 Å². The predicted octanol–water partition coefficient (Wildman–Crippen LogP) is 4.30. The molecule has 0 amide bonds. The van der Waals surface area contributed by atoms with Crippen LogP contribution in [0.15, 0.2) is 42.5 Å². The monoisotopic (exact) mass is 317 g/mol. The van der Waals surface area contributed by atoms with Crippen LogP contribution in [0.5, 0.6) is 11.5 Å². The third kappa shape index (κ3) is 4.70. The van der Waals surface area contributed by atoms with Crippen LogP contribution >= 0.6 is 0 Å². The van der Waals surface area contributed by atoms with Gasteiger partial charge in [0.2, 0.25) is 0 Å². The van der Waals surface area contributed by atoms with Crippen LogP contribution in [0, 0.1) is 5.82 Å². The van der Waals surface area contributed by atoms with Gasteiger partial charge in [-0.25, -0.2) is 4.39 Å². The Morgan fingerprint density at radius 1 is 1.09 bits per heavy atom. The van der Waals surface area contributed by atoms with E-state index in [0.717, 1.165) is 12.0 Å². The molecule has 1 unspecified atom stereocenters. The summed E-state index contributed by atoms with van der Waals surface area (Å²) in [7, 11) is 1.61. The van der Waals surface area contributed by atoms with Gasteiger partial charge >= 0.3 is 0 Å². The number of benzene rings is 2. The standard InChI is InChI=1S/C19H24FNO2/c1-4-14(2)21-12-15-9-7-11-18(22-3)19(15)23-13-16-8-5-6-10-17(16)20/h5-11,14,21H,4,12-13H2,1-3H3. The van der Waals surface area contributed by atoms with Gasteiger partial charge in [0.1, 0.15) is 12.4 Å². The van der Waals surface area contributed by atoms with Crippen molar-refractivity contribution in [3.05, 3.63) is 59.4 Å². The SMILES string of the molecule is CCC(C)NCc1cccc(OC)c1OCc1ccccc1F. The summed E-state index contributed by atoms with van der Waals surface area (Å²) >= 11 is 0. The molecule has 23 heavy (non-hydrogen) atoms. The van der Waals surface area contributed by atoms with E-state index >= 15 is 0 Å². The first-order chi connectivity index (χ1) is 11.2. The van der Waals surface area contributed by atoms with E-state index in [1.165, 1.54) is 6.07 Å². The van der Waals surface area contributed by atoms with Gasteiger partial charge in [-0.05, 0) is 25.5 Å². The maximum atomic E-state index is 13.8. The molecule has 1 N–H and O–H groups in total. The molecule has 0 aliphatic carbocycles. The molecule has 4 heteroatoms. The lowest BCUT2D eigenvalue weighted by atomic mass is 10.1. The molecule has 2 aromatic carbocycles. The number of hydrogen-bond acceptors (Lipinski definition) is 3. The first-order valence-corrected chi connectivity index (χ1v) is 7.91. The summed E-state index contributed by atoms with van der Waals surface area (Å²) in [5.41, 5.74) is 1.53. The van der Waals surface area contributed by atoms with Crippen molar-refractivity contribution in [3.8, 4) is 11.5 Å². The second-order valence-electron chi connectivity index (χ2n) is 5.52. The zero-order valence-electron chi connectivity index (χ0n) is 13.9. The van der Waals surface area contributed by atoms with Gasteiger partial charge in [0.25, 0.3) is 0 Å². The van der Waals surface area contributed by atoms with Crippen molar-refractivity contribution in [2.75, 3.05) is 7.11 Å². The Bertz CT molecular complexity index is 631. The van der Waals surface area contributed by atoms with Gasteiger partial charge in [0.15, 0.2) is 11.5 Å². The van der Waals surface area contributed by atoms with Gasteiger partial charge in [-0.3, -0.25) is 0 Å². The molecular weight excluding hydrogens is 293 g/mol. The zero-order valence-corrected chi connectivity index (χ0v) is 13.9. The molecule has 0 spiro atoms. The topological polar surface area (TPSA) is 30.5 Å². The number of para-hydroxylation sites is 1. The molecule has 2 rings (SSSR count). The van der Waals surface area contributed by atoms with Crippen LogP contribution in [-0.2, 0) is 13.2 Å². The molecule has 0 bridgehead atoms. The van der Waals surface area contributed by atoms with Crippen LogP contribution in [-0.4, -0.2) is 13.2 Å². The average molecular weight is 317 g/mol. The summed E-state index contributed by atoms with van der Waals surface area (Å²) < 4.78 is 25.0. The minimum atomic E-state index is -0.262. The molecule has 0 saturated carbocycles. The first-order valence-electron chi connectivity index (χ1n) is 7.91. The van der Waals surface area contributed by atoms with Gasteiger partial charge in [0, 0.05) is 23.7 Å². The molecule has 0 fully saturated rings. The van der Waals surface area contributed by atoms with E-state index in [1.54, 1.807) is 25.3 Å². The molecular formula is C19H24FNO2. The lowest BCUT2D eigenvalue weighted by molar-refractivity contribution is 0.275. The third-order valence-corrected chi connectivity index (χ3v) is 3.86. The van der Waals surface area contributed by atoms with E-state index in [-0.39, 0.29) is 12.4 Å². The Morgan fingerprint density at radius 3 is 2.52 bits per heavy atom. The van der Waals surface area contributed by atoms with Crippen LogP contribution in [0.25, 0.3) is 0 Å². The van der Waals surface area contributed by atoms with Crippen molar-refractivity contribution in [3.63, 3.8) is 0 Å². The smallest absolute Gasteiger partial charge is 0.166 e. The first kappa shape index (κ1) is 17.3. The number of methoxy groups -OCH3 is 1. The second kappa shape index (κ2) is 8.53. The van der Waals surface area contributed by atoms with Crippen LogP contribution < -0.4 is 14.8 Å². The predicted molar refractivity (Wildman–Crippen MR) is 90.3 cm³/mol. The molecule has 0 aromatic heterocycles. The summed E-state index contributed by atoms with van der Waals surface area (Å²) in [4.78, 5) is 0. The van der Waals surface area contributed by atoms with Crippen molar-refractivity contribution in [1.82, 2.24) is 5.32 Å². The molecule has 0 saturated heterocycles. The normalized spacial score (nSPS) is 12.0. The zero-order chi connectivity index (χ0) is 16.7. The van der Waals surface area contributed by atoms with E-state index in [2.05, 4.69) is 19.2 Å². The van der Waals surface area contributed by atoms with E-state index in [9.17, 15) is 4.39 Å². The van der Waals surface area contributed by atoms with Gasteiger partial charge in [0.05, 0.1) is 7.11 Å². The highest BCUT2D eigenvalue weighted by molar-refractivity contribution is 5.46. The molecule has 1 atom stereocenters. The molecule has 0 heterocycles. The number of halogens is 1. The Kier molecular flexibility index (Phi) is 6.41. The Labute approximate surface area is 137 Å². The maximum absolute atomic E-state index is 13.8. The molecule has 0 aliphatic rings. The van der Waals surface area contributed by atoms with Crippen molar-refractivity contribution >= 4 is 0 Å². The van der Waals surface area contributed by atoms with E-state index < -0.39 is 0 Å². The summed E-state index contributed by atoms with van der Waals surface area (Å²) in [6.07, 6.45) is 1.05. The summed E-state index contributed by atoms with van der Waals surface area (Å²) in [5, 5.41) is 3.44. The highest BCUT2D eigenvalue weighted by Crippen LogP contribution is 2.32. The van der Waals surface area contributed by atoms with E-state index in [1.807, 2.05) is 18.2 Å². The van der Waals surface area contributed by atoms with Crippen LogP contribution in [0.3, 0.4) is 0 Å². The van der Waals surface area contributed by atoms with Crippen molar-refractivity contribution in [2.24, 2.45) is 0 Å². The Hall–Kier alpha value is -2.07. The minimum absolute atomic E-state index is 0.170. The molecule has 2 aromatic rings. The van der Waals surface area contributed by atoms with E-state index in [0.29, 0.717) is 29.6 Å². The molecule has 3 nitrogen and oxygen atoms in total. The van der Waals surface area contributed by atoms with E-state index in [4.69, 9.17) is 9.47 Å². The fourth-order valence-electron chi connectivity index (χ4n) is 2.22. The summed E-state index contributed by atoms with van der Waals surface area (Å²) in [6, 6.07) is 12.8. The third-order valence-electron chi connectivity index (χ3n) is 3.86. The minimum Gasteiger partial charge on any atom is -0.493 e. The molecule has 124 valence electrons. The van der Waals surface area contributed by atoms with Crippen LogP contribution in [0.1, 0.15) is 31.4 Å². The second-order valence-corrected chi connectivity index (χ2v) is 5.52. The van der Waals surface area contributed by atoms with Crippen molar-refractivity contribution in [1.29, 1.82) is 0 Å². The fourth-order valence-corrected chi connectivity index (χ4v) is 2.22. The number of nitrogens with one attached hydrogen (secondary N) is 1. The number of ether oxygens (including phenoxy) is 2. The van der Waals surface area contributed by atoms with Gasteiger partial charge in [-0.1, -0.05) is 37.3 Å². The number of rotatable bonds is 8. The quantitative estimate of drug-likeness (QED) is 0.787. The van der Waals surface area contributed by atoms with Crippen molar-refractivity contribution in [2.45, 2.75) is 39.5 Å². The van der Waals surface area contributed by atoms with Crippen LogP contribution in [0.4, 0.5) is 4.39 Å². The lowest BCUT2D eigenvalue weighted by Gasteiger charge is -2.17. The maximum Gasteiger partial charge on any atom is 0.166 e. The molecule has 0 radical (unpaired) electrons. The average Bonchev–Trinajstić information content (AvgIpc) is 2.59. The lowest BCUT2D eigenvalue weighted by Crippen LogP contribution is -2.24. The highest BCUT2D eigenvalue weighted by Gasteiger charge is 2.12. The molecule has 0 aliphatic heterocycles. The fraction of sp³-hybridized carbons (Fsp3) is 0.368. The number of hydrogen-bond donors (Lipinski definition) is 1. The highest BCUT2D eigenvalue weighted by atomic mass is 19.1. The van der Waals surface area contributed by atoms with Crippen LogP contribution in [0.2, 0.25) is 0 Å². The van der Waals surface area contributed by atoms with Gasteiger partial charge in [-0.15, -0.1) is 0 Å². The summed E-state index contributed by atoms with van der Waals surface area (Å²) in [6.45, 7) is 5.13.